The summed E-state index contributed by atoms with van der Waals surface area (Å²) in [4.78, 5) is 8.96. The van der Waals surface area contributed by atoms with Crippen LogP contribution in [0.2, 0.25) is 10.0 Å². The lowest BCUT2D eigenvalue weighted by Crippen LogP contribution is -2.03. The molecule has 20 heavy (non-hydrogen) atoms. The molecule has 3 nitrogen and oxygen atoms in total. The first-order valence-corrected chi connectivity index (χ1v) is 7.33. The molecule has 1 aromatic carbocycles. The number of hydrogen-bond acceptors (Lipinski definition) is 2. The molecule has 0 fully saturated rings. The molecule has 102 valence electrons. The molecule has 3 rings (SSSR count). The Labute approximate surface area is 131 Å². The van der Waals surface area contributed by atoms with Crippen molar-refractivity contribution >= 4 is 46.0 Å². The molecule has 0 aliphatic carbocycles. The molecule has 2 aromatic heterocycles. The van der Waals surface area contributed by atoms with Crippen molar-refractivity contribution in [2.45, 2.75) is 6.42 Å². The highest BCUT2D eigenvalue weighted by Crippen LogP contribution is 2.26. The van der Waals surface area contributed by atoms with E-state index in [4.69, 9.17) is 34.8 Å². The van der Waals surface area contributed by atoms with Gasteiger partial charge in [0.1, 0.15) is 11.3 Å². The molecule has 0 saturated heterocycles. The highest BCUT2D eigenvalue weighted by Gasteiger charge is 2.13. The Balaban J connectivity index is 2.29. The highest BCUT2D eigenvalue weighted by atomic mass is 35.5. The van der Waals surface area contributed by atoms with E-state index in [2.05, 4.69) is 9.97 Å². The third kappa shape index (κ3) is 2.49. The zero-order valence-corrected chi connectivity index (χ0v) is 12.6. The molecule has 0 aliphatic heterocycles. The van der Waals surface area contributed by atoms with Crippen molar-refractivity contribution in [2.24, 2.45) is 0 Å². The molecule has 0 radical (unpaired) electrons. The van der Waals surface area contributed by atoms with Crippen LogP contribution in [0.15, 0.2) is 36.5 Å². The second-order valence-corrected chi connectivity index (χ2v) is 5.53. The van der Waals surface area contributed by atoms with E-state index in [1.807, 2.05) is 28.8 Å². The summed E-state index contributed by atoms with van der Waals surface area (Å²) in [7, 11) is 0. The molecular weight excluding hydrogens is 317 g/mol. The van der Waals surface area contributed by atoms with Crippen LogP contribution in [0.4, 0.5) is 0 Å². The van der Waals surface area contributed by atoms with Crippen LogP contribution in [0.3, 0.4) is 0 Å². The van der Waals surface area contributed by atoms with Gasteiger partial charge in [0.2, 0.25) is 0 Å². The monoisotopic (exact) mass is 325 g/mol. The number of benzene rings is 1. The minimum Gasteiger partial charge on any atom is -0.281 e. The van der Waals surface area contributed by atoms with Crippen LogP contribution in [0.5, 0.6) is 0 Å². The fourth-order valence-electron chi connectivity index (χ4n) is 2.15. The van der Waals surface area contributed by atoms with E-state index in [1.165, 1.54) is 0 Å². The van der Waals surface area contributed by atoms with E-state index in [1.54, 1.807) is 12.3 Å². The molecule has 0 amide bonds. The number of nitrogens with zero attached hydrogens (tertiary/aromatic N) is 3. The Bertz CT molecular complexity index is 747. The Morgan fingerprint density at radius 3 is 2.55 bits per heavy atom. The maximum Gasteiger partial charge on any atom is 0.164 e. The Morgan fingerprint density at radius 2 is 1.85 bits per heavy atom. The number of pyridine rings is 1. The SMILES string of the molecule is ClCCc1nc2cccnc2n1-c1cc(Cl)cc(Cl)c1. The first-order chi connectivity index (χ1) is 9.69. The molecule has 0 spiro atoms. The number of alkyl halides is 1. The molecule has 0 aliphatic rings. The largest absolute Gasteiger partial charge is 0.281 e. The second kappa shape index (κ2) is 5.60. The molecule has 0 unspecified atom stereocenters. The van der Waals surface area contributed by atoms with Crippen LogP contribution in [0.1, 0.15) is 5.82 Å². The Kier molecular flexibility index (Phi) is 3.83. The lowest BCUT2D eigenvalue weighted by atomic mass is 10.3. The van der Waals surface area contributed by atoms with E-state index in [-0.39, 0.29) is 0 Å². The van der Waals surface area contributed by atoms with E-state index in [9.17, 15) is 0 Å². The molecule has 0 N–H and O–H groups in total. The van der Waals surface area contributed by atoms with Gasteiger partial charge in [-0.05, 0) is 30.3 Å². The number of rotatable bonds is 3. The topological polar surface area (TPSA) is 30.7 Å². The normalized spacial score (nSPS) is 11.2. The zero-order valence-electron chi connectivity index (χ0n) is 10.4. The highest BCUT2D eigenvalue weighted by molar-refractivity contribution is 6.34. The maximum absolute atomic E-state index is 6.08. The van der Waals surface area contributed by atoms with Crippen molar-refractivity contribution in [3.63, 3.8) is 0 Å². The van der Waals surface area contributed by atoms with Crippen molar-refractivity contribution in [3.8, 4) is 5.69 Å². The smallest absolute Gasteiger partial charge is 0.164 e. The summed E-state index contributed by atoms with van der Waals surface area (Å²) in [6.07, 6.45) is 2.37. The number of halogens is 3. The van der Waals surface area contributed by atoms with E-state index in [0.717, 1.165) is 22.7 Å². The summed E-state index contributed by atoms with van der Waals surface area (Å²) in [5.41, 5.74) is 2.43. The van der Waals surface area contributed by atoms with Crippen LogP contribution < -0.4 is 0 Å². The van der Waals surface area contributed by atoms with Gasteiger partial charge in [0.15, 0.2) is 5.65 Å². The van der Waals surface area contributed by atoms with Crippen molar-refractivity contribution < 1.29 is 0 Å². The van der Waals surface area contributed by atoms with Crippen molar-refractivity contribution in [1.29, 1.82) is 0 Å². The summed E-state index contributed by atoms with van der Waals surface area (Å²) in [6.45, 7) is 0. The Hall–Kier alpha value is -1.29. The van der Waals surface area contributed by atoms with Gasteiger partial charge in [-0.2, -0.15) is 0 Å². The lowest BCUT2D eigenvalue weighted by Gasteiger charge is -2.09. The first-order valence-electron chi connectivity index (χ1n) is 6.04. The molecule has 2 heterocycles. The molecule has 3 aromatic rings. The molecular formula is C14H10Cl3N3. The van der Waals surface area contributed by atoms with Gasteiger partial charge in [-0.15, -0.1) is 11.6 Å². The summed E-state index contributed by atoms with van der Waals surface area (Å²) < 4.78 is 1.94. The van der Waals surface area contributed by atoms with Crippen LogP contribution in [0.25, 0.3) is 16.9 Å². The summed E-state index contributed by atoms with van der Waals surface area (Å²) in [6, 6.07) is 9.14. The van der Waals surface area contributed by atoms with Crippen molar-refractivity contribution in [2.75, 3.05) is 5.88 Å². The summed E-state index contributed by atoms with van der Waals surface area (Å²) in [5, 5.41) is 1.14. The van der Waals surface area contributed by atoms with Crippen LogP contribution >= 0.6 is 34.8 Å². The molecule has 0 saturated carbocycles. The van der Waals surface area contributed by atoms with Crippen molar-refractivity contribution in [1.82, 2.24) is 14.5 Å². The average molecular weight is 327 g/mol. The van der Waals surface area contributed by atoms with Crippen LogP contribution in [-0.2, 0) is 6.42 Å². The van der Waals surface area contributed by atoms with Gasteiger partial charge in [-0.3, -0.25) is 4.57 Å². The number of imidazole rings is 1. The fraction of sp³-hybridized carbons (Fsp3) is 0.143. The number of aryl methyl sites for hydroxylation is 1. The van der Waals surface area contributed by atoms with Gasteiger partial charge < -0.3 is 0 Å². The van der Waals surface area contributed by atoms with Crippen LogP contribution in [0, 0.1) is 0 Å². The van der Waals surface area contributed by atoms with Gasteiger partial charge in [0.25, 0.3) is 0 Å². The molecule has 6 heteroatoms. The average Bonchev–Trinajstić information content (AvgIpc) is 2.76. The quantitative estimate of drug-likeness (QED) is 0.663. The van der Waals surface area contributed by atoms with E-state index < -0.39 is 0 Å². The predicted molar refractivity (Wildman–Crippen MR) is 83.3 cm³/mol. The lowest BCUT2D eigenvalue weighted by molar-refractivity contribution is 0.905. The van der Waals surface area contributed by atoms with Gasteiger partial charge >= 0.3 is 0 Å². The van der Waals surface area contributed by atoms with E-state index >= 15 is 0 Å². The zero-order chi connectivity index (χ0) is 14.1. The molecule has 0 bridgehead atoms. The van der Waals surface area contributed by atoms with Gasteiger partial charge in [-0.25, -0.2) is 9.97 Å². The first kappa shape index (κ1) is 13.7. The van der Waals surface area contributed by atoms with Crippen LogP contribution in [-0.4, -0.2) is 20.4 Å². The summed E-state index contributed by atoms with van der Waals surface area (Å²) in [5.74, 6) is 1.32. The van der Waals surface area contributed by atoms with Gasteiger partial charge in [0.05, 0.1) is 5.69 Å². The fourth-order valence-corrected chi connectivity index (χ4v) is 2.83. The van der Waals surface area contributed by atoms with Gasteiger partial charge in [0, 0.05) is 28.5 Å². The second-order valence-electron chi connectivity index (χ2n) is 4.28. The molecule has 0 atom stereocenters. The number of hydrogen-bond donors (Lipinski definition) is 0. The number of fused-ring (bicyclic) bond motifs is 1. The predicted octanol–water partition coefficient (Wildman–Crippen LogP) is 4.51. The minimum absolute atomic E-state index is 0.484. The Morgan fingerprint density at radius 1 is 1.10 bits per heavy atom. The van der Waals surface area contributed by atoms with Crippen molar-refractivity contribution in [3.05, 3.63) is 52.4 Å². The van der Waals surface area contributed by atoms with E-state index in [0.29, 0.717) is 22.3 Å². The third-order valence-electron chi connectivity index (χ3n) is 2.91. The minimum atomic E-state index is 0.484. The third-order valence-corrected chi connectivity index (χ3v) is 3.53. The van der Waals surface area contributed by atoms with Gasteiger partial charge in [-0.1, -0.05) is 23.2 Å². The standard InChI is InChI=1S/C14H10Cl3N3/c15-4-3-13-19-12-2-1-5-18-14(12)20(13)11-7-9(16)6-10(17)8-11/h1-2,5-8H,3-4H2. The maximum atomic E-state index is 6.08. The number of aromatic nitrogens is 3. The summed E-state index contributed by atoms with van der Waals surface area (Å²) >= 11 is 18.0.